The van der Waals surface area contributed by atoms with Crippen LogP contribution in [0.2, 0.25) is 0 Å². The van der Waals surface area contributed by atoms with E-state index in [-0.39, 0.29) is 4.88 Å². The normalized spacial score (nSPS) is 12.7. The summed E-state index contributed by atoms with van der Waals surface area (Å²) in [5.41, 5.74) is 2.30. The molecule has 1 aliphatic heterocycles. The molecule has 2 aromatic carbocycles. The number of nitrogens with one attached hydrogen (secondary N) is 1. The van der Waals surface area contributed by atoms with Gasteiger partial charge >= 0.3 is 12.0 Å². The molecule has 3 heterocycles. The lowest BCUT2D eigenvalue weighted by Gasteiger charge is -2.29. The van der Waals surface area contributed by atoms with Crippen LogP contribution >= 0.6 is 11.3 Å². The first-order valence-corrected chi connectivity index (χ1v) is 9.94. The number of thiophene rings is 1. The summed E-state index contributed by atoms with van der Waals surface area (Å²) in [4.78, 5) is 31.1. The van der Waals surface area contributed by atoms with Crippen molar-refractivity contribution in [1.82, 2.24) is 4.98 Å². The first-order valence-electron chi connectivity index (χ1n) is 9.13. The van der Waals surface area contributed by atoms with Crippen LogP contribution in [0.3, 0.4) is 0 Å². The molecule has 7 nitrogen and oxygen atoms in total. The largest absolute Gasteiger partial charge is 0.477 e. The number of anilines is 3. The smallest absolute Gasteiger partial charge is 0.348 e. The van der Waals surface area contributed by atoms with Gasteiger partial charge in [-0.3, -0.25) is 4.90 Å². The SMILES string of the molecule is Cc1c(Oc2ccccc2)cccc1N1C(=O)Nc2c(C(=O)O)sc3nccc1c23. The number of hydrogen-bond acceptors (Lipinski definition) is 5. The molecule has 0 spiro atoms. The second-order valence-electron chi connectivity index (χ2n) is 6.70. The number of hydrogen-bond donors (Lipinski definition) is 2. The highest BCUT2D eigenvalue weighted by Gasteiger charge is 2.33. The number of pyridine rings is 1. The van der Waals surface area contributed by atoms with Gasteiger partial charge in [0.1, 0.15) is 21.2 Å². The zero-order valence-electron chi connectivity index (χ0n) is 15.7. The van der Waals surface area contributed by atoms with E-state index < -0.39 is 12.0 Å². The average molecular weight is 417 g/mol. The van der Waals surface area contributed by atoms with Gasteiger partial charge in [0.25, 0.3) is 0 Å². The van der Waals surface area contributed by atoms with E-state index in [1.807, 2.05) is 55.5 Å². The van der Waals surface area contributed by atoms with Crippen LogP contribution < -0.4 is 15.0 Å². The van der Waals surface area contributed by atoms with E-state index >= 15 is 0 Å². The molecule has 0 unspecified atom stereocenters. The monoisotopic (exact) mass is 417 g/mol. The van der Waals surface area contributed by atoms with Crippen LogP contribution in [0.5, 0.6) is 11.5 Å². The van der Waals surface area contributed by atoms with Crippen molar-refractivity contribution in [2.45, 2.75) is 6.92 Å². The number of carbonyl (C=O) groups is 2. The lowest BCUT2D eigenvalue weighted by atomic mass is 10.1. The number of rotatable bonds is 4. The van der Waals surface area contributed by atoms with Gasteiger partial charge in [0.15, 0.2) is 0 Å². The second-order valence-corrected chi connectivity index (χ2v) is 7.70. The number of amides is 2. The van der Waals surface area contributed by atoms with Gasteiger partial charge in [-0.2, -0.15) is 0 Å². The van der Waals surface area contributed by atoms with Gasteiger partial charge in [-0.05, 0) is 37.3 Å². The maximum absolute atomic E-state index is 13.1. The van der Waals surface area contributed by atoms with Crippen molar-refractivity contribution in [3.63, 3.8) is 0 Å². The Morgan fingerprint density at radius 1 is 1.10 bits per heavy atom. The first kappa shape index (κ1) is 18.1. The lowest BCUT2D eigenvalue weighted by molar-refractivity contribution is 0.0703. The van der Waals surface area contributed by atoms with Crippen LogP contribution in [-0.4, -0.2) is 22.1 Å². The Kier molecular flexibility index (Phi) is 4.14. The van der Waals surface area contributed by atoms with Gasteiger partial charge in [-0.25, -0.2) is 14.6 Å². The number of benzene rings is 2. The van der Waals surface area contributed by atoms with Crippen molar-refractivity contribution in [2.75, 3.05) is 10.2 Å². The van der Waals surface area contributed by atoms with E-state index in [9.17, 15) is 14.7 Å². The van der Waals surface area contributed by atoms with Crippen LogP contribution in [0, 0.1) is 6.92 Å². The molecule has 0 radical (unpaired) electrons. The second kappa shape index (κ2) is 6.85. The van der Waals surface area contributed by atoms with Crippen LogP contribution in [0.4, 0.5) is 21.9 Å². The van der Waals surface area contributed by atoms with Crippen molar-refractivity contribution in [2.24, 2.45) is 0 Å². The summed E-state index contributed by atoms with van der Waals surface area (Å²) in [7, 11) is 0. The summed E-state index contributed by atoms with van der Waals surface area (Å²) in [6.07, 6.45) is 1.58. The summed E-state index contributed by atoms with van der Waals surface area (Å²) in [5.74, 6) is 0.222. The predicted molar refractivity (Wildman–Crippen MR) is 115 cm³/mol. The fraction of sp³-hybridized carbons (Fsp3) is 0.0455. The molecule has 0 saturated carbocycles. The molecule has 0 saturated heterocycles. The van der Waals surface area contributed by atoms with Crippen molar-refractivity contribution in [3.8, 4) is 11.5 Å². The van der Waals surface area contributed by atoms with Crippen LogP contribution in [0.15, 0.2) is 60.8 Å². The lowest BCUT2D eigenvalue weighted by Crippen LogP contribution is -2.34. The molecule has 2 N–H and O–H groups in total. The number of aromatic carboxylic acids is 1. The molecular formula is C22H15N3O4S. The number of carbonyl (C=O) groups excluding carboxylic acids is 1. The van der Waals surface area contributed by atoms with Crippen molar-refractivity contribution in [3.05, 3.63) is 71.2 Å². The zero-order chi connectivity index (χ0) is 20.8. The molecule has 1 aliphatic rings. The van der Waals surface area contributed by atoms with Gasteiger partial charge in [0.2, 0.25) is 0 Å². The number of nitrogens with zero attached hydrogens (tertiary/aromatic N) is 2. The van der Waals surface area contributed by atoms with Crippen molar-refractivity contribution >= 4 is 50.6 Å². The molecule has 0 aliphatic carbocycles. The highest BCUT2D eigenvalue weighted by atomic mass is 32.1. The minimum absolute atomic E-state index is 0.0656. The molecule has 30 heavy (non-hydrogen) atoms. The predicted octanol–water partition coefficient (Wildman–Crippen LogP) is 5.78. The van der Waals surface area contributed by atoms with Gasteiger partial charge in [0, 0.05) is 11.8 Å². The molecule has 0 fully saturated rings. The number of urea groups is 1. The minimum Gasteiger partial charge on any atom is -0.477 e. The van der Waals surface area contributed by atoms with Gasteiger partial charge < -0.3 is 15.2 Å². The third-order valence-corrected chi connectivity index (χ3v) is 5.99. The third kappa shape index (κ3) is 2.77. The van der Waals surface area contributed by atoms with E-state index in [1.165, 1.54) is 4.90 Å². The van der Waals surface area contributed by atoms with E-state index in [4.69, 9.17) is 4.74 Å². The maximum atomic E-state index is 13.1. The Morgan fingerprint density at radius 2 is 1.90 bits per heavy atom. The molecule has 0 bridgehead atoms. The van der Waals surface area contributed by atoms with E-state index in [1.54, 1.807) is 12.3 Å². The van der Waals surface area contributed by atoms with Crippen LogP contribution in [0.1, 0.15) is 15.2 Å². The highest BCUT2D eigenvalue weighted by molar-refractivity contribution is 7.21. The molecule has 148 valence electrons. The van der Waals surface area contributed by atoms with Gasteiger partial charge in [0.05, 0.1) is 22.4 Å². The van der Waals surface area contributed by atoms with E-state index in [2.05, 4.69) is 10.3 Å². The zero-order valence-corrected chi connectivity index (χ0v) is 16.6. The Hall–Kier alpha value is -3.91. The minimum atomic E-state index is -1.10. The Bertz CT molecular complexity index is 1320. The van der Waals surface area contributed by atoms with E-state index in [0.29, 0.717) is 38.8 Å². The summed E-state index contributed by atoms with van der Waals surface area (Å²) < 4.78 is 6.01. The number of aromatic nitrogens is 1. The van der Waals surface area contributed by atoms with Crippen molar-refractivity contribution < 1.29 is 19.4 Å². The van der Waals surface area contributed by atoms with Crippen LogP contribution in [0.25, 0.3) is 10.2 Å². The summed E-state index contributed by atoms with van der Waals surface area (Å²) >= 11 is 1.04. The van der Waals surface area contributed by atoms with Gasteiger partial charge in [-0.15, -0.1) is 11.3 Å². The standard InChI is InChI=1S/C22H15N3O4S/c1-12-14(8-5-9-16(12)29-13-6-3-2-4-7-13)25-15-10-11-23-20-17(15)18(24-22(25)28)19(30-20)21(26)27/h2-11H,1H3,(H,24,28)(H,26,27). The molecule has 8 heteroatoms. The number of carboxylic acid groups (broad SMARTS) is 1. The topological polar surface area (TPSA) is 91.8 Å². The van der Waals surface area contributed by atoms with Crippen molar-refractivity contribution in [1.29, 1.82) is 0 Å². The Morgan fingerprint density at radius 3 is 2.67 bits per heavy atom. The first-order chi connectivity index (χ1) is 14.5. The molecule has 0 atom stereocenters. The third-order valence-electron chi connectivity index (χ3n) is 4.91. The van der Waals surface area contributed by atoms with Gasteiger partial charge in [-0.1, -0.05) is 24.3 Å². The summed E-state index contributed by atoms with van der Waals surface area (Å²) in [6, 6.07) is 16.2. The fourth-order valence-electron chi connectivity index (χ4n) is 3.55. The quantitative estimate of drug-likeness (QED) is 0.439. The van der Waals surface area contributed by atoms with E-state index in [0.717, 1.165) is 16.9 Å². The molecule has 5 rings (SSSR count). The number of carboxylic acids is 1. The molecular weight excluding hydrogens is 402 g/mol. The Balaban J connectivity index is 1.65. The molecule has 4 aromatic rings. The molecule has 2 aromatic heterocycles. The average Bonchev–Trinajstić information content (AvgIpc) is 3.11. The summed E-state index contributed by atoms with van der Waals surface area (Å²) in [5, 5.41) is 12.9. The maximum Gasteiger partial charge on any atom is 0.348 e. The van der Waals surface area contributed by atoms with Crippen LogP contribution in [-0.2, 0) is 0 Å². The number of para-hydroxylation sites is 1. The number of ether oxygens (including phenoxy) is 1. The molecule has 2 amide bonds. The highest BCUT2D eigenvalue weighted by Crippen LogP contribution is 2.47. The Labute approximate surface area is 175 Å². The fourth-order valence-corrected chi connectivity index (χ4v) is 4.50. The summed E-state index contributed by atoms with van der Waals surface area (Å²) in [6.45, 7) is 1.88.